The van der Waals surface area contributed by atoms with E-state index < -0.39 is 23.3 Å². The van der Waals surface area contributed by atoms with Gasteiger partial charge in [0.25, 0.3) is 5.60 Å². The van der Waals surface area contributed by atoms with Crippen molar-refractivity contribution < 1.29 is 32.9 Å². The zero-order valence-electron chi connectivity index (χ0n) is 10.5. The van der Waals surface area contributed by atoms with E-state index in [0.29, 0.717) is 0 Å². The van der Waals surface area contributed by atoms with Crippen molar-refractivity contribution in [3.63, 3.8) is 0 Å². The minimum absolute atomic E-state index is 0.113. The zero-order chi connectivity index (χ0) is 15.0. The van der Waals surface area contributed by atoms with Gasteiger partial charge in [0.15, 0.2) is 0 Å². The molecule has 0 aromatic heterocycles. The third kappa shape index (κ3) is 2.37. The number of hydrogen-bond acceptors (Lipinski definition) is 4. The molecule has 0 aliphatic heterocycles. The van der Waals surface area contributed by atoms with Gasteiger partial charge in [0, 0.05) is 5.56 Å². The molecular weight excluding hydrogens is 265 g/mol. The van der Waals surface area contributed by atoms with Crippen molar-refractivity contribution in [2.45, 2.75) is 25.6 Å². The van der Waals surface area contributed by atoms with E-state index in [-0.39, 0.29) is 16.9 Å². The second kappa shape index (κ2) is 4.73. The Hall–Kier alpha value is -1.76. The van der Waals surface area contributed by atoms with Gasteiger partial charge < -0.3 is 14.9 Å². The Morgan fingerprint density at radius 3 is 1.95 bits per heavy atom. The van der Waals surface area contributed by atoms with Gasteiger partial charge in [0.1, 0.15) is 5.75 Å². The van der Waals surface area contributed by atoms with E-state index in [4.69, 9.17) is 0 Å². The predicted molar refractivity (Wildman–Crippen MR) is 59.5 cm³/mol. The minimum atomic E-state index is -5.24. The van der Waals surface area contributed by atoms with Crippen LogP contribution in [0, 0.1) is 13.8 Å². The lowest BCUT2D eigenvalue weighted by atomic mass is 9.90. The number of ether oxygens (including phenoxy) is 1. The number of hydrogen-bond donors (Lipinski definition) is 2. The van der Waals surface area contributed by atoms with Crippen LogP contribution in [0.5, 0.6) is 5.75 Å². The topological polar surface area (TPSA) is 66.8 Å². The molecule has 2 N–H and O–H groups in total. The fraction of sp³-hybridized carbons (Fsp3) is 0.417. The lowest BCUT2D eigenvalue weighted by Gasteiger charge is -2.28. The van der Waals surface area contributed by atoms with E-state index in [2.05, 4.69) is 4.74 Å². The third-order valence-electron chi connectivity index (χ3n) is 2.80. The summed E-state index contributed by atoms with van der Waals surface area (Å²) in [7, 11) is 0.749. The van der Waals surface area contributed by atoms with Crippen LogP contribution in [0.2, 0.25) is 0 Å². The number of halogens is 3. The van der Waals surface area contributed by atoms with Gasteiger partial charge in [-0.25, -0.2) is 4.79 Å². The van der Waals surface area contributed by atoms with E-state index in [1.54, 1.807) is 0 Å². The lowest BCUT2D eigenvalue weighted by molar-refractivity contribution is -0.266. The van der Waals surface area contributed by atoms with E-state index in [1.165, 1.54) is 13.8 Å². The molecular formula is C12H13F3O4. The summed E-state index contributed by atoms with van der Waals surface area (Å²) in [5.74, 6) is -2.03. The second-order valence-corrected chi connectivity index (χ2v) is 4.16. The van der Waals surface area contributed by atoms with Crippen LogP contribution in [0.15, 0.2) is 12.1 Å². The number of phenols is 1. The Balaban J connectivity index is 3.56. The highest BCUT2D eigenvalue weighted by molar-refractivity contribution is 5.82. The predicted octanol–water partition coefficient (Wildman–Crippen LogP) is 1.93. The van der Waals surface area contributed by atoms with Crippen molar-refractivity contribution in [2.75, 3.05) is 7.11 Å². The Morgan fingerprint density at radius 2 is 1.63 bits per heavy atom. The number of phenolic OH excluding ortho intramolecular Hbond substituents is 1. The number of aliphatic hydroxyl groups is 1. The highest BCUT2D eigenvalue weighted by atomic mass is 19.4. The number of aryl methyl sites for hydroxylation is 2. The Bertz CT molecular complexity index is 487. The molecule has 0 aliphatic rings. The van der Waals surface area contributed by atoms with Crippen molar-refractivity contribution in [3.8, 4) is 5.75 Å². The lowest BCUT2D eigenvalue weighted by Crippen LogP contribution is -2.49. The quantitative estimate of drug-likeness (QED) is 0.811. The molecule has 1 aromatic carbocycles. The van der Waals surface area contributed by atoms with Gasteiger partial charge >= 0.3 is 12.1 Å². The number of carbonyl (C=O) groups is 1. The average Bonchev–Trinajstić information content (AvgIpc) is 2.31. The van der Waals surface area contributed by atoms with Gasteiger partial charge in [0.05, 0.1) is 7.11 Å². The number of rotatable bonds is 2. The standard InChI is InChI=1S/C12H13F3O4/c1-6-4-8(5-7(2)9(6)16)11(18,10(17)19-3)12(13,14)15/h4-5,16,18H,1-3H3. The molecule has 7 heteroatoms. The first-order valence-corrected chi connectivity index (χ1v) is 5.24. The maximum absolute atomic E-state index is 13.0. The Morgan fingerprint density at radius 1 is 1.21 bits per heavy atom. The molecule has 1 unspecified atom stereocenters. The van der Waals surface area contributed by atoms with E-state index >= 15 is 0 Å². The third-order valence-corrected chi connectivity index (χ3v) is 2.80. The van der Waals surface area contributed by atoms with Crippen LogP contribution in [0.1, 0.15) is 16.7 Å². The number of alkyl halides is 3. The van der Waals surface area contributed by atoms with Crippen LogP contribution in [-0.2, 0) is 15.1 Å². The summed E-state index contributed by atoms with van der Waals surface area (Å²) in [5, 5.41) is 19.3. The largest absolute Gasteiger partial charge is 0.507 e. The maximum atomic E-state index is 13.0. The highest BCUT2D eigenvalue weighted by Crippen LogP contribution is 2.41. The molecule has 1 rings (SSSR count). The molecule has 0 saturated heterocycles. The summed E-state index contributed by atoms with van der Waals surface area (Å²) in [4.78, 5) is 11.3. The van der Waals surface area contributed by atoms with Gasteiger partial charge in [-0.2, -0.15) is 13.2 Å². The molecule has 0 saturated carbocycles. The summed E-state index contributed by atoms with van der Waals surface area (Å²) in [5.41, 5.74) is -4.23. The van der Waals surface area contributed by atoms with Crippen molar-refractivity contribution in [2.24, 2.45) is 0 Å². The number of methoxy groups -OCH3 is 1. The van der Waals surface area contributed by atoms with Gasteiger partial charge in [-0.05, 0) is 37.1 Å². The molecule has 106 valence electrons. The van der Waals surface area contributed by atoms with Gasteiger partial charge in [0.2, 0.25) is 0 Å². The van der Waals surface area contributed by atoms with Crippen LogP contribution in [0.4, 0.5) is 13.2 Å². The van der Waals surface area contributed by atoms with Crippen LogP contribution < -0.4 is 0 Å². The average molecular weight is 278 g/mol. The second-order valence-electron chi connectivity index (χ2n) is 4.16. The Kier molecular flexibility index (Phi) is 3.81. The highest BCUT2D eigenvalue weighted by Gasteiger charge is 2.62. The fourth-order valence-corrected chi connectivity index (χ4v) is 1.71. The monoisotopic (exact) mass is 278 g/mol. The maximum Gasteiger partial charge on any atom is 0.432 e. The first-order chi connectivity index (χ1) is 8.55. The summed E-state index contributed by atoms with van der Waals surface area (Å²) in [6.45, 7) is 2.72. The SMILES string of the molecule is COC(=O)C(O)(c1cc(C)c(O)c(C)c1)C(F)(F)F. The smallest absolute Gasteiger partial charge is 0.432 e. The van der Waals surface area contributed by atoms with Crippen molar-refractivity contribution >= 4 is 5.97 Å². The summed E-state index contributed by atoms with van der Waals surface area (Å²) in [6, 6.07) is 1.79. The van der Waals surface area contributed by atoms with Crippen molar-refractivity contribution in [1.82, 2.24) is 0 Å². The van der Waals surface area contributed by atoms with Gasteiger partial charge in [-0.15, -0.1) is 0 Å². The first-order valence-electron chi connectivity index (χ1n) is 5.24. The molecule has 0 radical (unpaired) electrons. The van der Waals surface area contributed by atoms with Crippen LogP contribution in [0.25, 0.3) is 0 Å². The summed E-state index contributed by atoms with van der Waals surface area (Å²) >= 11 is 0. The molecule has 0 amide bonds. The normalized spacial score (nSPS) is 14.9. The van der Waals surface area contributed by atoms with E-state index in [9.17, 15) is 28.2 Å². The summed E-state index contributed by atoms with van der Waals surface area (Å²) < 4.78 is 43.0. The number of benzene rings is 1. The molecule has 0 spiro atoms. The number of aromatic hydroxyl groups is 1. The Labute approximate surface area is 107 Å². The van der Waals surface area contributed by atoms with E-state index in [0.717, 1.165) is 19.2 Å². The molecule has 0 bridgehead atoms. The molecule has 1 atom stereocenters. The van der Waals surface area contributed by atoms with Crippen molar-refractivity contribution in [3.05, 3.63) is 28.8 Å². The molecule has 1 aromatic rings. The van der Waals surface area contributed by atoms with Gasteiger partial charge in [-0.1, -0.05) is 0 Å². The van der Waals surface area contributed by atoms with Gasteiger partial charge in [-0.3, -0.25) is 0 Å². The molecule has 4 nitrogen and oxygen atoms in total. The molecule has 0 fully saturated rings. The van der Waals surface area contributed by atoms with E-state index in [1.807, 2.05) is 0 Å². The minimum Gasteiger partial charge on any atom is -0.507 e. The molecule has 19 heavy (non-hydrogen) atoms. The van der Waals surface area contributed by atoms with Crippen molar-refractivity contribution in [1.29, 1.82) is 0 Å². The molecule has 0 heterocycles. The zero-order valence-corrected chi connectivity index (χ0v) is 10.5. The summed E-state index contributed by atoms with van der Waals surface area (Å²) in [6.07, 6.45) is -5.24. The fourth-order valence-electron chi connectivity index (χ4n) is 1.71. The van der Waals surface area contributed by atoms with Crippen LogP contribution in [0.3, 0.4) is 0 Å². The molecule has 0 aliphatic carbocycles. The first kappa shape index (κ1) is 15.3. The number of esters is 1. The van der Waals surface area contributed by atoms with Crippen LogP contribution in [-0.4, -0.2) is 29.5 Å². The number of carbonyl (C=O) groups excluding carboxylic acids is 1. The van der Waals surface area contributed by atoms with Crippen LogP contribution >= 0.6 is 0 Å².